The SMILES string of the molecule is O=C(Nc1ccc2c(c1)OCCO2)N1CCc2sccc2C1c1cccs1. The van der Waals surface area contributed by atoms with Gasteiger partial charge in [-0.25, -0.2) is 4.79 Å². The summed E-state index contributed by atoms with van der Waals surface area (Å²) in [6.45, 7) is 1.78. The summed E-state index contributed by atoms with van der Waals surface area (Å²) in [6.07, 6.45) is 0.892. The summed E-state index contributed by atoms with van der Waals surface area (Å²) in [4.78, 5) is 17.6. The van der Waals surface area contributed by atoms with E-state index in [0.29, 0.717) is 31.2 Å². The first-order chi connectivity index (χ1) is 13.3. The number of anilines is 1. The summed E-state index contributed by atoms with van der Waals surface area (Å²) in [7, 11) is 0. The molecule has 0 saturated carbocycles. The van der Waals surface area contributed by atoms with Crippen LogP contribution in [-0.2, 0) is 6.42 Å². The van der Waals surface area contributed by atoms with Crippen LogP contribution in [0.5, 0.6) is 11.5 Å². The number of ether oxygens (including phenoxy) is 2. The van der Waals surface area contributed by atoms with Crippen molar-refractivity contribution in [1.82, 2.24) is 4.90 Å². The lowest BCUT2D eigenvalue weighted by molar-refractivity contribution is 0.171. The van der Waals surface area contributed by atoms with Crippen LogP contribution >= 0.6 is 22.7 Å². The number of carbonyl (C=O) groups is 1. The molecule has 1 unspecified atom stereocenters. The molecule has 0 radical (unpaired) electrons. The average Bonchev–Trinajstić information content (AvgIpc) is 3.38. The van der Waals surface area contributed by atoms with Crippen LogP contribution in [0.4, 0.5) is 10.5 Å². The zero-order valence-corrected chi connectivity index (χ0v) is 16.1. The van der Waals surface area contributed by atoms with E-state index >= 15 is 0 Å². The quantitative estimate of drug-likeness (QED) is 0.677. The Hall–Kier alpha value is -2.51. The molecular formula is C20H18N2O3S2. The highest BCUT2D eigenvalue weighted by Crippen LogP contribution is 2.40. The standard InChI is InChI=1S/C20H18N2O3S2/c23-20(21-13-3-4-15-16(12-13)25-9-8-24-15)22-7-5-17-14(6-11-27-17)19(22)18-2-1-10-26-18/h1-4,6,10-12,19H,5,7-9H2,(H,21,23). The summed E-state index contributed by atoms with van der Waals surface area (Å²) >= 11 is 3.46. The molecular weight excluding hydrogens is 380 g/mol. The van der Waals surface area contributed by atoms with E-state index in [0.717, 1.165) is 12.2 Å². The second-order valence-electron chi connectivity index (χ2n) is 6.45. The lowest BCUT2D eigenvalue weighted by atomic mass is 9.99. The van der Waals surface area contributed by atoms with Gasteiger partial charge in [-0.05, 0) is 47.0 Å². The number of hydrogen-bond donors (Lipinski definition) is 1. The second kappa shape index (κ2) is 6.90. The van der Waals surface area contributed by atoms with Gasteiger partial charge in [0.25, 0.3) is 0 Å². The molecule has 0 fully saturated rings. The molecule has 0 bridgehead atoms. The second-order valence-corrected chi connectivity index (χ2v) is 8.43. The third kappa shape index (κ3) is 3.07. The number of benzene rings is 1. The van der Waals surface area contributed by atoms with E-state index in [2.05, 4.69) is 28.2 Å². The van der Waals surface area contributed by atoms with Crippen LogP contribution in [0.3, 0.4) is 0 Å². The molecule has 3 aromatic rings. The maximum absolute atomic E-state index is 13.1. The van der Waals surface area contributed by atoms with E-state index in [1.807, 2.05) is 29.2 Å². The maximum atomic E-state index is 13.1. The molecule has 1 atom stereocenters. The van der Waals surface area contributed by atoms with Crippen LogP contribution < -0.4 is 14.8 Å². The molecule has 5 rings (SSSR count). The van der Waals surface area contributed by atoms with Gasteiger partial charge < -0.3 is 19.7 Å². The number of amides is 2. The van der Waals surface area contributed by atoms with Crippen LogP contribution in [0.25, 0.3) is 0 Å². The third-order valence-electron chi connectivity index (χ3n) is 4.83. The molecule has 7 heteroatoms. The molecule has 1 aromatic carbocycles. The molecule has 138 valence electrons. The summed E-state index contributed by atoms with van der Waals surface area (Å²) in [5.74, 6) is 1.39. The highest BCUT2D eigenvalue weighted by molar-refractivity contribution is 7.10. The van der Waals surface area contributed by atoms with Gasteiger partial charge in [-0.15, -0.1) is 22.7 Å². The number of fused-ring (bicyclic) bond motifs is 2. The Balaban J connectivity index is 1.42. The predicted molar refractivity (Wildman–Crippen MR) is 107 cm³/mol. The van der Waals surface area contributed by atoms with Gasteiger partial charge >= 0.3 is 6.03 Å². The van der Waals surface area contributed by atoms with Gasteiger partial charge in [0.15, 0.2) is 11.5 Å². The zero-order chi connectivity index (χ0) is 18.2. The van der Waals surface area contributed by atoms with Gasteiger partial charge in [0.2, 0.25) is 0 Å². The molecule has 0 saturated heterocycles. The summed E-state index contributed by atoms with van der Waals surface area (Å²) in [5, 5.41) is 7.22. The van der Waals surface area contributed by atoms with Crippen molar-refractivity contribution in [2.24, 2.45) is 0 Å². The van der Waals surface area contributed by atoms with Crippen molar-refractivity contribution in [2.45, 2.75) is 12.5 Å². The average molecular weight is 399 g/mol. The van der Waals surface area contributed by atoms with Crippen molar-refractivity contribution in [3.05, 3.63) is 62.5 Å². The van der Waals surface area contributed by atoms with E-state index in [1.54, 1.807) is 22.7 Å². The van der Waals surface area contributed by atoms with Gasteiger partial charge in [0.1, 0.15) is 13.2 Å². The molecule has 2 amide bonds. The molecule has 2 aliphatic heterocycles. The van der Waals surface area contributed by atoms with Gasteiger partial charge in [-0.1, -0.05) is 6.07 Å². The fourth-order valence-electron chi connectivity index (χ4n) is 3.61. The van der Waals surface area contributed by atoms with Crippen LogP contribution in [-0.4, -0.2) is 30.7 Å². The highest BCUT2D eigenvalue weighted by Gasteiger charge is 2.33. The van der Waals surface area contributed by atoms with Crippen molar-refractivity contribution >= 4 is 34.4 Å². The molecule has 1 N–H and O–H groups in total. The number of thiophene rings is 2. The van der Waals surface area contributed by atoms with Gasteiger partial charge in [-0.3, -0.25) is 0 Å². The van der Waals surface area contributed by atoms with E-state index in [4.69, 9.17) is 9.47 Å². The van der Waals surface area contributed by atoms with E-state index in [-0.39, 0.29) is 12.1 Å². The van der Waals surface area contributed by atoms with Crippen LogP contribution in [0.2, 0.25) is 0 Å². The number of nitrogens with zero attached hydrogens (tertiary/aromatic N) is 1. The van der Waals surface area contributed by atoms with Crippen molar-refractivity contribution < 1.29 is 14.3 Å². The van der Waals surface area contributed by atoms with E-state index in [9.17, 15) is 4.79 Å². The highest BCUT2D eigenvalue weighted by atomic mass is 32.1. The summed E-state index contributed by atoms with van der Waals surface area (Å²) < 4.78 is 11.2. The Morgan fingerprint density at radius 2 is 1.96 bits per heavy atom. The fourth-order valence-corrected chi connectivity index (χ4v) is 5.36. The van der Waals surface area contributed by atoms with Crippen molar-refractivity contribution in [2.75, 3.05) is 25.1 Å². The van der Waals surface area contributed by atoms with Crippen molar-refractivity contribution in [3.8, 4) is 11.5 Å². The van der Waals surface area contributed by atoms with Crippen LogP contribution in [0.15, 0.2) is 47.2 Å². The number of urea groups is 1. The monoisotopic (exact) mass is 398 g/mol. The smallest absolute Gasteiger partial charge is 0.322 e. The Labute approximate surface area is 165 Å². The van der Waals surface area contributed by atoms with Crippen molar-refractivity contribution in [3.63, 3.8) is 0 Å². The molecule has 0 aliphatic carbocycles. The minimum atomic E-state index is -0.0954. The zero-order valence-electron chi connectivity index (χ0n) is 14.5. The van der Waals surface area contributed by atoms with Gasteiger partial charge in [0.05, 0.1) is 6.04 Å². The fraction of sp³-hybridized carbons (Fsp3) is 0.250. The van der Waals surface area contributed by atoms with E-state index in [1.165, 1.54) is 15.3 Å². The number of nitrogens with one attached hydrogen (secondary N) is 1. The molecule has 2 aromatic heterocycles. The van der Waals surface area contributed by atoms with Crippen molar-refractivity contribution in [1.29, 1.82) is 0 Å². The first-order valence-corrected chi connectivity index (χ1v) is 10.6. The minimum Gasteiger partial charge on any atom is -0.486 e. The maximum Gasteiger partial charge on any atom is 0.322 e. The molecule has 5 nitrogen and oxygen atoms in total. The Bertz CT molecular complexity index is 968. The molecule has 4 heterocycles. The number of rotatable bonds is 2. The number of hydrogen-bond acceptors (Lipinski definition) is 5. The van der Waals surface area contributed by atoms with Gasteiger partial charge in [-0.2, -0.15) is 0 Å². The van der Waals surface area contributed by atoms with Crippen LogP contribution in [0, 0.1) is 0 Å². The first-order valence-electron chi connectivity index (χ1n) is 8.86. The topological polar surface area (TPSA) is 50.8 Å². The molecule has 0 spiro atoms. The predicted octanol–water partition coefficient (Wildman–Crippen LogP) is 4.76. The first kappa shape index (κ1) is 16.6. The molecule has 2 aliphatic rings. The lowest BCUT2D eigenvalue weighted by Crippen LogP contribution is -2.42. The third-order valence-corrected chi connectivity index (χ3v) is 6.75. The summed E-state index contributed by atoms with van der Waals surface area (Å²) in [6, 6.07) is 11.7. The Morgan fingerprint density at radius 1 is 1.07 bits per heavy atom. The Kier molecular flexibility index (Phi) is 4.26. The normalized spacial score (nSPS) is 18.1. The van der Waals surface area contributed by atoms with Crippen LogP contribution in [0.1, 0.15) is 21.4 Å². The Morgan fingerprint density at radius 3 is 2.81 bits per heavy atom. The largest absolute Gasteiger partial charge is 0.486 e. The van der Waals surface area contributed by atoms with Gasteiger partial charge in [0, 0.05) is 28.1 Å². The lowest BCUT2D eigenvalue weighted by Gasteiger charge is -2.35. The van der Waals surface area contributed by atoms with E-state index < -0.39 is 0 Å². The number of carbonyl (C=O) groups excluding carboxylic acids is 1. The molecule has 27 heavy (non-hydrogen) atoms. The minimum absolute atomic E-state index is 0.0304. The summed E-state index contributed by atoms with van der Waals surface area (Å²) in [5.41, 5.74) is 1.95.